The van der Waals surface area contributed by atoms with Crippen molar-refractivity contribution in [2.45, 2.75) is 25.9 Å². The van der Waals surface area contributed by atoms with Crippen LogP contribution in [0, 0.1) is 11.3 Å². The first-order chi connectivity index (χ1) is 13.2. The van der Waals surface area contributed by atoms with Gasteiger partial charge in [0.25, 0.3) is 5.91 Å². The van der Waals surface area contributed by atoms with Crippen molar-refractivity contribution < 1.29 is 23.9 Å². The molecule has 0 saturated carbocycles. The smallest absolute Gasteiger partial charge is 0.326 e. The fourth-order valence-corrected chi connectivity index (χ4v) is 2.73. The lowest BCUT2D eigenvalue weighted by molar-refractivity contribution is -0.153. The van der Waals surface area contributed by atoms with Gasteiger partial charge < -0.3 is 15.0 Å². The Morgan fingerprint density at radius 3 is 2.68 bits per heavy atom. The van der Waals surface area contributed by atoms with Gasteiger partial charge in [-0.15, -0.1) is 0 Å². The third-order valence-corrected chi connectivity index (χ3v) is 4.34. The number of rotatable bonds is 7. The Kier molecular flexibility index (Phi) is 6.95. The second kappa shape index (κ2) is 9.19. The maximum atomic E-state index is 12.1. The summed E-state index contributed by atoms with van der Waals surface area (Å²) in [5, 5.41) is 11.6. The number of nitrogens with zero attached hydrogens (tertiary/aromatic N) is 3. The molecule has 4 amide bonds. The molecule has 1 atom stereocenters. The number of urea groups is 1. The van der Waals surface area contributed by atoms with Crippen molar-refractivity contribution >= 4 is 41.1 Å². The minimum atomic E-state index is -1.05. The highest BCUT2D eigenvalue weighted by atomic mass is 35.5. The molecule has 148 valence electrons. The van der Waals surface area contributed by atoms with Crippen LogP contribution in [0.25, 0.3) is 0 Å². The van der Waals surface area contributed by atoms with E-state index in [1.807, 2.05) is 6.07 Å². The molecule has 1 aromatic carbocycles. The van der Waals surface area contributed by atoms with Gasteiger partial charge in [0.15, 0.2) is 6.10 Å². The van der Waals surface area contributed by atoms with Crippen LogP contribution in [0.4, 0.5) is 10.5 Å². The molecule has 0 spiro atoms. The third-order valence-electron chi connectivity index (χ3n) is 4.03. The van der Waals surface area contributed by atoms with Crippen LogP contribution in [0.5, 0.6) is 0 Å². The number of hydrogen-bond acceptors (Lipinski definition) is 6. The van der Waals surface area contributed by atoms with Gasteiger partial charge in [-0.25, -0.2) is 4.79 Å². The van der Waals surface area contributed by atoms with E-state index in [2.05, 4.69) is 5.32 Å². The molecule has 2 rings (SSSR count). The molecule has 0 aliphatic carbocycles. The summed E-state index contributed by atoms with van der Waals surface area (Å²) in [6.07, 6.45) is -0.853. The quantitative estimate of drug-likeness (QED) is 0.544. The van der Waals surface area contributed by atoms with E-state index in [1.54, 1.807) is 0 Å². The zero-order valence-corrected chi connectivity index (χ0v) is 16.2. The van der Waals surface area contributed by atoms with E-state index in [0.717, 1.165) is 4.90 Å². The highest BCUT2D eigenvalue weighted by Gasteiger charge is 2.33. The first-order valence-corrected chi connectivity index (χ1v) is 8.86. The molecule has 9 nitrogen and oxygen atoms in total. The number of carbonyl (C=O) groups excluding carboxylic acids is 4. The molecule has 0 aromatic heterocycles. The Morgan fingerprint density at radius 1 is 1.39 bits per heavy atom. The molecule has 1 aliphatic heterocycles. The van der Waals surface area contributed by atoms with Crippen molar-refractivity contribution in [3.8, 4) is 6.07 Å². The third kappa shape index (κ3) is 5.20. The summed E-state index contributed by atoms with van der Waals surface area (Å²) >= 11 is 5.90. The van der Waals surface area contributed by atoms with Gasteiger partial charge in [0.2, 0.25) is 5.91 Å². The zero-order chi connectivity index (χ0) is 20.8. The Bertz CT molecular complexity index is 851. The monoisotopic (exact) mass is 406 g/mol. The number of ether oxygens (including phenoxy) is 1. The first-order valence-electron chi connectivity index (χ1n) is 8.48. The van der Waals surface area contributed by atoms with Gasteiger partial charge in [0.1, 0.15) is 12.6 Å². The van der Waals surface area contributed by atoms with E-state index in [9.17, 15) is 19.2 Å². The fraction of sp³-hybridized carbons (Fsp3) is 0.389. The Morgan fingerprint density at radius 2 is 2.11 bits per heavy atom. The molecule has 1 aromatic rings. The average molecular weight is 407 g/mol. The van der Waals surface area contributed by atoms with Crippen LogP contribution in [0.2, 0.25) is 5.02 Å². The number of esters is 1. The summed E-state index contributed by atoms with van der Waals surface area (Å²) in [6, 6.07) is 5.92. The molecular weight excluding hydrogens is 388 g/mol. The maximum Gasteiger partial charge on any atom is 0.326 e. The number of anilines is 1. The maximum absolute atomic E-state index is 12.1. The Labute approximate surface area is 166 Å². The van der Waals surface area contributed by atoms with Crippen LogP contribution < -0.4 is 5.32 Å². The Balaban J connectivity index is 1.78. The van der Waals surface area contributed by atoms with E-state index >= 15 is 0 Å². The SMILES string of the molecule is C[C@@H](OC(=O)CCCN1C(=O)CN(C)C1=O)C(=O)Nc1ccc(C#N)c(Cl)c1. The summed E-state index contributed by atoms with van der Waals surface area (Å²) < 4.78 is 5.06. The van der Waals surface area contributed by atoms with Crippen LogP contribution in [-0.4, -0.2) is 59.9 Å². The van der Waals surface area contributed by atoms with E-state index < -0.39 is 24.0 Å². The van der Waals surface area contributed by atoms with Gasteiger partial charge >= 0.3 is 12.0 Å². The fourth-order valence-electron chi connectivity index (χ4n) is 2.51. The van der Waals surface area contributed by atoms with E-state index in [-0.39, 0.29) is 42.4 Å². The lowest BCUT2D eigenvalue weighted by Crippen LogP contribution is -2.33. The number of amides is 4. The van der Waals surface area contributed by atoms with Crippen molar-refractivity contribution in [1.29, 1.82) is 5.26 Å². The molecule has 10 heteroatoms. The second-order valence-electron chi connectivity index (χ2n) is 6.22. The highest BCUT2D eigenvalue weighted by molar-refractivity contribution is 6.32. The van der Waals surface area contributed by atoms with Gasteiger partial charge in [-0.2, -0.15) is 5.26 Å². The second-order valence-corrected chi connectivity index (χ2v) is 6.62. The molecule has 0 unspecified atom stereocenters. The molecular formula is C18H19ClN4O5. The summed E-state index contributed by atoms with van der Waals surface area (Å²) in [6.45, 7) is 1.56. The average Bonchev–Trinajstić information content (AvgIpc) is 2.87. The molecule has 1 fully saturated rings. The summed E-state index contributed by atoms with van der Waals surface area (Å²) in [5.74, 6) is -1.48. The lowest BCUT2D eigenvalue weighted by Gasteiger charge is -2.15. The number of nitrogens with one attached hydrogen (secondary N) is 1. The normalized spacial score (nSPS) is 14.6. The number of likely N-dealkylation sites (N-methyl/N-ethyl adjacent to an activating group) is 1. The molecule has 1 saturated heterocycles. The predicted molar refractivity (Wildman–Crippen MR) is 99.3 cm³/mol. The van der Waals surface area contributed by atoms with E-state index in [4.69, 9.17) is 21.6 Å². The van der Waals surface area contributed by atoms with Gasteiger partial charge in [-0.1, -0.05) is 11.6 Å². The first kappa shape index (κ1) is 21.2. The van der Waals surface area contributed by atoms with Crippen LogP contribution in [-0.2, 0) is 19.1 Å². The number of halogens is 1. The standard InChI is InChI=1S/C18H19ClN4O5/c1-11(17(26)21-13-6-5-12(9-20)14(19)8-13)28-16(25)4-3-7-23-15(24)10-22(2)18(23)27/h5-6,8,11H,3-4,7,10H2,1-2H3,(H,21,26)/t11-/m1/s1. The van der Waals surface area contributed by atoms with Gasteiger partial charge in [0, 0.05) is 25.7 Å². The number of carbonyl (C=O) groups is 4. The van der Waals surface area contributed by atoms with Crippen molar-refractivity contribution in [3.05, 3.63) is 28.8 Å². The lowest BCUT2D eigenvalue weighted by atomic mass is 10.2. The number of benzene rings is 1. The van der Waals surface area contributed by atoms with E-state index in [0.29, 0.717) is 5.69 Å². The zero-order valence-electron chi connectivity index (χ0n) is 15.4. The van der Waals surface area contributed by atoms with Crippen molar-refractivity contribution in [2.75, 3.05) is 25.5 Å². The summed E-state index contributed by atoms with van der Waals surface area (Å²) in [7, 11) is 1.52. The molecule has 1 heterocycles. The molecule has 28 heavy (non-hydrogen) atoms. The van der Waals surface area contributed by atoms with Crippen LogP contribution >= 0.6 is 11.6 Å². The van der Waals surface area contributed by atoms with Gasteiger partial charge in [-0.05, 0) is 31.5 Å². The summed E-state index contributed by atoms with van der Waals surface area (Å²) in [4.78, 5) is 49.8. The largest absolute Gasteiger partial charge is 0.453 e. The molecule has 0 radical (unpaired) electrons. The minimum Gasteiger partial charge on any atom is -0.453 e. The molecule has 1 aliphatic rings. The van der Waals surface area contributed by atoms with Crippen molar-refractivity contribution in [2.24, 2.45) is 0 Å². The van der Waals surface area contributed by atoms with Crippen LogP contribution in [0.15, 0.2) is 18.2 Å². The van der Waals surface area contributed by atoms with Crippen LogP contribution in [0.3, 0.4) is 0 Å². The van der Waals surface area contributed by atoms with Crippen molar-refractivity contribution in [3.63, 3.8) is 0 Å². The molecule has 1 N–H and O–H groups in total. The van der Waals surface area contributed by atoms with E-state index in [1.165, 1.54) is 37.1 Å². The number of nitriles is 1. The Hall–Kier alpha value is -3.12. The molecule has 0 bridgehead atoms. The van der Waals surface area contributed by atoms with Crippen molar-refractivity contribution in [1.82, 2.24) is 9.80 Å². The van der Waals surface area contributed by atoms with Gasteiger partial charge in [-0.3, -0.25) is 19.3 Å². The van der Waals surface area contributed by atoms with Crippen LogP contribution in [0.1, 0.15) is 25.3 Å². The summed E-state index contributed by atoms with van der Waals surface area (Å²) in [5.41, 5.74) is 0.646. The number of hydrogen-bond donors (Lipinski definition) is 1. The number of imide groups is 1. The topological polar surface area (TPSA) is 120 Å². The minimum absolute atomic E-state index is 0.0276. The highest BCUT2D eigenvalue weighted by Crippen LogP contribution is 2.20. The predicted octanol–water partition coefficient (Wildman–Crippen LogP) is 1.76. The van der Waals surface area contributed by atoms with Gasteiger partial charge in [0.05, 0.1) is 10.6 Å².